The summed E-state index contributed by atoms with van der Waals surface area (Å²) in [4.78, 5) is 2.32. The predicted molar refractivity (Wildman–Crippen MR) is 80.5 cm³/mol. The van der Waals surface area contributed by atoms with Gasteiger partial charge in [0.15, 0.2) is 0 Å². The first-order chi connectivity index (χ1) is 10.1. The first-order valence-electron chi connectivity index (χ1n) is 7.28. The first kappa shape index (κ1) is 15.8. The number of aromatic nitrogens is 2. The minimum absolute atomic E-state index is 0.0963. The van der Waals surface area contributed by atoms with Gasteiger partial charge in [0.2, 0.25) is 0 Å². The van der Waals surface area contributed by atoms with Gasteiger partial charge in [0.1, 0.15) is 5.15 Å². The topological polar surface area (TPSA) is 68.6 Å². The standard InChI is InChI=1S/C15H20ClN5/c1-11-14(15(16)20(2)19-11)13-6-4-8-21(13)10-12(9-18)5-3-7-17/h12-13H,3-6,8,10H2,1-2H3/t12-,13+/m1/s1. The van der Waals surface area contributed by atoms with E-state index in [0.717, 1.165) is 30.6 Å². The van der Waals surface area contributed by atoms with E-state index in [9.17, 15) is 5.26 Å². The smallest absolute Gasteiger partial charge is 0.131 e. The minimum Gasteiger partial charge on any atom is -0.295 e. The molecule has 112 valence electrons. The largest absolute Gasteiger partial charge is 0.295 e. The summed E-state index contributed by atoms with van der Waals surface area (Å²) in [5.74, 6) is -0.0963. The molecule has 0 amide bonds. The van der Waals surface area contributed by atoms with Gasteiger partial charge in [-0.25, -0.2) is 0 Å². The highest BCUT2D eigenvalue weighted by Crippen LogP contribution is 2.37. The highest BCUT2D eigenvalue weighted by Gasteiger charge is 2.32. The van der Waals surface area contributed by atoms with Crippen molar-refractivity contribution in [3.05, 3.63) is 16.4 Å². The van der Waals surface area contributed by atoms with E-state index in [-0.39, 0.29) is 12.0 Å². The van der Waals surface area contributed by atoms with Gasteiger partial charge in [0.05, 0.1) is 23.8 Å². The van der Waals surface area contributed by atoms with Gasteiger partial charge in [-0.05, 0) is 32.7 Å². The molecular formula is C15H20ClN5. The van der Waals surface area contributed by atoms with E-state index in [4.69, 9.17) is 16.9 Å². The molecule has 21 heavy (non-hydrogen) atoms. The molecule has 1 fully saturated rings. The number of rotatable bonds is 5. The fraction of sp³-hybridized carbons (Fsp3) is 0.667. The molecule has 0 unspecified atom stereocenters. The zero-order valence-corrected chi connectivity index (χ0v) is 13.3. The SMILES string of the molecule is Cc1nn(C)c(Cl)c1[C@@H]1CCCN1C[C@@H](C#N)CCC#N. The number of hydrogen-bond donors (Lipinski definition) is 0. The van der Waals surface area contributed by atoms with Crippen LogP contribution in [0.25, 0.3) is 0 Å². The van der Waals surface area contributed by atoms with Gasteiger partial charge in [-0.1, -0.05) is 11.6 Å². The van der Waals surface area contributed by atoms with E-state index in [0.29, 0.717) is 24.5 Å². The van der Waals surface area contributed by atoms with Crippen molar-refractivity contribution in [2.45, 2.75) is 38.6 Å². The Morgan fingerprint density at radius 3 is 2.81 bits per heavy atom. The maximum atomic E-state index is 9.25. The molecule has 1 aliphatic heterocycles. The van der Waals surface area contributed by atoms with E-state index < -0.39 is 0 Å². The molecule has 2 heterocycles. The molecule has 0 spiro atoms. The van der Waals surface area contributed by atoms with Crippen molar-refractivity contribution in [1.29, 1.82) is 10.5 Å². The zero-order chi connectivity index (χ0) is 15.4. The Hall–Kier alpha value is -1.56. The van der Waals surface area contributed by atoms with Crippen molar-refractivity contribution in [1.82, 2.24) is 14.7 Å². The van der Waals surface area contributed by atoms with Crippen molar-refractivity contribution in [3.63, 3.8) is 0 Å². The van der Waals surface area contributed by atoms with Crippen LogP contribution in [0.1, 0.15) is 43.0 Å². The summed E-state index contributed by atoms with van der Waals surface area (Å²) in [6.07, 6.45) is 3.22. The summed E-state index contributed by atoms with van der Waals surface area (Å²) in [6.45, 7) is 3.66. The van der Waals surface area contributed by atoms with Gasteiger partial charge in [-0.2, -0.15) is 15.6 Å². The zero-order valence-electron chi connectivity index (χ0n) is 12.5. The molecule has 1 aromatic rings. The molecule has 0 aromatic carbocycles. The second-order valence-corrected chi connectivity index (χ2v) is 5.95. The van der Waals surface area contributed by atoms with Crippen LogP contribution in [0.15, 0.2) is 0 Å². The summed E-state index contributed by atoms with van der Waals surface area (Å²) >= 11 is 6.38. The Morgan fingerprint density at radius 1 is 1.48 bits per heavy atom. The Labute approximate surface area is 130 Å². The number of aryl methyl sites for hydroxylation is 2. The molecule has 2 rings (SSSR count). The lowest BCUT2D eigenvalue weighted by Gasteiger charge is -2.26. The predicted octanol–water partition coefficient (Wildman–Crippen LogP) is 2.96. The van der Waals surface area contributed by atoms with Crippen LogP contribution in [0, 0.1) is 35.5 Å². The van der Waals surface area contributed by atoms with Gasteiger partial charge in [0.25, 0.3) is 0 Å². The third kappa shape index (κ3) is 3.37. The van der Waals surface area contributed by atoms with Gasteiger partial charge < -0.3 is 0 Å². The lowest BCUT2D eigenvalue weighted by molar-refractivity contribution is 0.230. The molecule has 0 saturated carbocycles. The van der Waals surface area contributed by atoms with Crippen molar-refractivity contribution < 1.29 is 0 Å². The number of nitrogens with zero attached hydrogens (tertiary/aromatic N) is 5. The Bertz CT molecular complexity index is 580. The second kappa shape index (κ2) is 6.93. The second-order valence-electron chi connectivity index (χ2n) is 5.59. The normalized spacial score (nSPS) is 20.1. The van der Waals surface area contributed by atoms with E-state index in [1.165, 1.54) is 0 Å². The molecule has 0 aliphatic carbocycles. The van der Waals surface area contributed by atoms with Crippen LogP contribution in [0.3, 0.4) is 0 Å². The number of likely N-dealkylation sites (tertiary alicyclic amines) is 1. The van der Waals surface area contributed by atoms with Crippen LogP contribution < -0.4 is 0 Å². The van der Waals surface area contributed by atoms with E-state index in [2.05, 4.69) is 22.1 Å². The van der Waals surface area contributed by atoms with Gasteiger partial charge in [0, 0.05) is 31.6 Å². The molecule has 2 atom stereocenters. The van der Waals surface area contributed by atoms with Crippen LogP contribution in [0.2, 0.25) is 5.15 Å². The van der Waals surface area contributed by atoms with Crippen LogP contribution in [0.5, 0.6) is 0 Å². The van der Waals surface area contributed by atoms with Crippen molar-refractivity contribution >= 4 is 11.6 Å². The monoisotopic (exact) mass is 305 g/mol. The van der Waals surface area contributed by atoms with Crippen LogP contribution in [0.4, 0.5) is 0 Å². The quantitative estimate of drug-likeness (QED) is 0.838. The Balaban J connectivity index is 2.14. The Morgan fingerprint density at radius 2 is 2.24 bits per heavy atom. The van der Waals surface area contributed by atoms with Crippen molar-refractivity contribution in [2.24, 2.45) is 13.0 Å². The van der Waals surface area contributed by atoms with Crippen molar-refractivity contribution in [3.8, 4) is 12.1 Å². The number of nitriles is 2. The number of hydrogen-bond acceptors (Lipinski definition) is 4. The maximum Gasteiger partial charge on any atom is 0.131 e. The van der Waals surface area contributed by atoms with Crippen LogP contribution in [-0.4, -0.2) is 27.8 Å². The molecule has 5 nitrogen and oxygen atoms in total. The lowest BCUT2D eigenvalue weighted by Crippen LogP contribution is -2.29. The lowest BCUT2D eigenvalue weighted by atomic mass is 10.0. The molecule has 0 radical (unpaired) electrons. The average molecular weight is 306 g/mol. The molecule has 1 aromatic heterocycles. The molecule has 0 bridgehead atoms. The summed E-state index contributed by atoms with van der Waals surface area (Å²) in [5, 5.41) is 23.0. The molecule has 1 saturated heterocycles. The number of halogens is 1. The highest BCUT2D eigenvalue weighted by atomic mass is 35.5. The summed E-state index contributed by atoms with van der Waals surface area (Å²) in [6, 6.07) is 4.68. The third-order valence-corrected chi connectivity index (χ3v) is 4.58. The molecule has 6 heteroatoms. The molecular weight excluding hydrogens is 286 g/mol. The van der Waals surface area contributed by atoms with Crippen LogP contribution in [-0.2, 0) is 7.05 Å². The van der Waals surface area contributed by atoms with E-state index in [1.807, 2.05) is 14.0 Å². The van der Waals surface area contributed by atoms with Gasteiger partial charge in [-0.3, -0.25) is 9.58 Å². The highest BCUT2D eigenvalue weighted by molar-refractivity contribution is 6.30. The summed E-state index contributed by atoms with van der Waals surface area (Å²) < 4.78 is 1.71. The first-order valence-corrected chi connectivity index (χ1v) is 7.65. The minimum atomic E-state index is -0.0963. The van der Waals surface area contributed by atoms with Gasteiger partial charge >= 0.3 is 0 Å². The fourth-order valence-corrected chi connectivity index (χ4v) is 3.42. The fourth-order valence-electron chi connectivity index (χ4n) is 3.12. The molecule has 0 N–H and O–H groups in total. The average Bonchev–Trinajstić information content (AvgIpc) is 3.00. The van der Waals surface area contributed by atoms with Gasteiger partial charge in [-0.15, -0.1) is 0 Å². The van der Waals surface area contributed by atoms with E-state index >= 15 is 0 Å². The third-order valence-electron chi connectivity index (χ3n) is 4.14. The maximum absolute atomic E-state index is 9.25. The van der Waals surface area contributed by atoms with E-state index in [1.54, 1.807) is 4.68 Å². The molecule has 1 aliphatic rings. The Kier molecular flexibility index (Phi) is 5.22. The van der Waals surface area contributed by atoms with Crippen molar-refractivity contribution in [2.75, 3.05) is 13.1 Å². The van der Waals surface area contributed by atoms with Crippen LogP contribution >= 0.6 is 11.6 Å². The summed E-state index contributed by atoms with van der Waals surface area (Å²) in [5.41, 5.74) is 2.05. The summed E-state index contributed by atoms with van der Waals surface area (Å²) in [7, 11) is 1.85.